The number of carbonyl (C=O) groups excluding carboxylic acids is 1. The Morgan fingerprint density at radius 1 is 0.667 bits per heavy atom. The zero-order valence-electron chi connectivity index (χ0n) is 7.15. The summed E-state index contributed by atoms with van der Waals surface area (Å²) in [7, 11) is 0. The second kappa shape index (κ2) is 9.63. The van der Waals surface area contributed by atoms with E-state index in [4.69, 9.17) is 4.79 Å². The SMILES string of the molecule is C1=CCC=C1.C1=CCC=C1.C=O. The lowest BCUT2D eigenvalue weighted by Crippen LogP contribution is -1.37. The van der Waals surface area contributed by atoms with Gasteiger partial charge < -0.3 is 4.79 Å². The maximum Gasteiger partial charge on any atom is 0.106 e. The average Bonchev–Trinajstić information content (AvgIpc) is 2.87. The van der Waals surface area contributed by atoms with E-state index in [1.807, 2.05) is 6.79 Å². The van der Waals surface area contributed by atoms with Gasteiger partial charge in [0.15, 0.2) is 0 Å². The molecule has 2 aliphatic carbocycles. The molecule has 0 aromatic carbocycles. The summed E-state index contributed by atoms with van der Waals surface area (Å²) in [5.41, 5.74) is 0. The van der Waals surface area contributed by atoms with Crippen molar-refractivity contribution < 1.29 is 4.79 Å². The molecular formula is C11H14O. The summed E-state index contributed by atoms with van der Waals surface area (Å²) in [5, 5.41) is 0. The van der Waals surface area contributed by atoms with Crippen LogP contribution in [0, 0.1) is 0 Å². The molecule has 2 aliphatic rings. The number of carbonyl (C=O) groups is 1. The average molecular weight is 162 g/mol. The van der Waals surface area contributed by atoms with Gasteiger partial charge in [0.25, 0.3) is 0 Å². The molecule has 0 unspecified atom stereocenters. The predicted molar refractivity (Wildman–Crippen MR) is 52.9 cm³/mol. The van der Waals surface area contributed by atoms with Crippen molar-refractivity contribution in [2.45, 2.75) is 12.8 Å². The first-order valence-corrected chi connectivity index (χ1v) is 3.92. The third kappa shape index (κ3) is 6.75. The summed E-state index contributed by atoms with van der Waals surface area (Å²) < 4.78 is 0. The van der Waals surface area contributed by atoms with E-state index in [2.05, 4.69) is 48.6 Å². The highest BCUT2D eigenvalue weighted by molar-refractivity contribution is 5.12. The largest absolute Gasteiger partial charge is 0.307 e. The predicted octanol–water partition coefficient (Wildman–Crippen LogP) is 2.82. The fraction of sp³-hybridized carbons (Fsp3) is 0.182. The highest BCUT2D eigenvalue weighted by atomic mass is 16.1. The molecule has 0 spiro atoms. The summed E-state index contributed by atoms with van der Waals surface area (Å²) in [6, 6.07) is 0. The van der Waals surface area contributed by atoms with Gasteiger partial charge in [-0.2, -0.15) is 0 Å². The molecule has 0 amide bonds. The lowest BCUT2D eigenvalue weighted by molar-refractivity contribution is -0.0979. The van der Waals surface area contributed by atoms with Gasteiger partial charge in [0.05, 0.1) is 0 Å². The lowest BCUT2D eigenvalue weighted by Gasteiger charge is -1.57. The van der Waals surface area contributed by atoms with Crippen LogP contribution in [0.2, 0.25) is 0 Å². The summed E-state index contributed by atoms with van der Waals surface area (Å²) in [4.78, 5) is 8.00. The van der Waals surface area contributed by atoms with E-state index < -0.39 is 0 Å². The van der Waals surface area contributed by atoms with Gasteiger partial charge >= 0.3 is 0 Å². The van der Waals surface area contributed by atoms with Crippen molar-refractivity contribution in [2.75, 3.05) is 0 Å². The van der Waals surface area contributed by atoms with Crippen LogP contribution in [0.1, 0.15) is 12.8 Å². The molecule has 1 heteroatoms. The molecule has 64 valence electrons. The smallest absolute Gasteiger partial charge is 0.106 e. The van der Waals surface area contributed by atoms with E-state index in [-0.39, 0.29) is 0 Å². The Labute approximate surface area is 73.8 Å². The zero-order chi connectivity index (χ0) is 9.07. The quantitative estimate of drug-likeness (QED) is 0.535. The highest BCUT2D eigenvalue weighted by Gasteiger charge is 1.72. The molecule has 0 saturated heterocycles. The fourth-order valence-corrected chi connectivity index (χ4v) is 0.786. The first-order valence-electron chi connectivity index (χ1n) is 3.92. The minimum absolute atomic E-state index is 1.14. The minimum atomic E-state index is 1.14. The Morgan fingerprint density at radius 3 is 1.00 bits per heavy atom. The van der Waals surface area contributed by atoms with E-state index in [0.717, 1.165) is 12.8 Å². The van der Waals surface area contributed by atoms with Gasteiger partial charge in [-0.3, -0.25) is 0 Å². The molecule has 0 N–H and O–H groups in total. The van der Waals surface area contributed by atoms with Crippen LogP contribution in [-0.2, 0) is 4.79 Å². The number of rotatable bonds is 0. The molecule has 2 rings (SSSR count). The van der Waals surface area contributed by atoms with E-state index in [1.165, 1.54) is 0 Å². The summed E-state index contributed by atoms with van der Waals surface area (Å²) in [6.07, 6.45) is 19.0. The lowest BCUT2D eigenvalue weighted by atomic mass is 10.5. The second-order valence-corrected chi connectivity index (χ2v) is 2.18. The van der Waals surface area contributed by atoms with Gasteiger partial charge in [-0.1, -0.05) is 48.6 Å². The van der Waals surface area contributed by atoms with Crippen LogP contribution >= 0.6 is 0 Å². The molecule has 0 aromatic heterocycles. The Morgan fingerprint density at radius 2 is 0.917 bits per heavy atom. The first-order chi connectivity index (χ1) is 6.00. The summed E-state index contributed by atoms with van der Waals surface area (Å²) >= 11 is 0. The van der Waals surface area contributed by atoms with Crippen LogP contribution < -0.4 is 0 Å². The van der Waals surface area contributed by atoms with Crippen molar-refractivity contribution in [1.82, 2.24) is 0 Å². The molecule has 0 aliphatic heterocycles. The van der Waals surface area contributed by atoms with Crippen molar-refractivity contribution in [3.63, 3.8) is 0 Å². The third-order valence-corrected chi connectivity index (χ3v) is 1.31. The van der Waals surface area contributed by atoms with Crippen LogP contribution in [-0.4, -0.2) is 6.79 Å². The van der Waals surface area contributed by atoms with E-state index in [0.29, 0.717) is 0 Å². The molecule has 12 heavy (non-hydrogen) atoms. The maximum absolute atomic E-state index is 8.00. The van der Waals surface area contributed by atoms with Gasteiger partial charge in [-0.25, -0.2) is 0 Å². The van der Waals surface area contributed by atoms with Crippen LogP contribution in [0.25, 0.3) is 0 Å². The minimum Gasteiger partial charge on any atom is -0.307 e. The third-order valence-electron chi connectivity index (χ3n) is 1.31. The Bertz CT molecular complexity index is 155. The number of hydrogen-bond donors (Lipinski definition) is 0. The molecule has 0 fully saturated rings. The van der Waals surface area contributed by atoms with Crippen molar-refractivity contribution in [3.8, 4) is 0 Å². The van der Waals surface area contributed by atoms with Gasteiger partial charge in [0.1, 0.15) is 6.79 Å². The maximum atomic E-state index is 8.00. The van der Waals surface area contributed by atoms with Crippen molar-refractivity contribution in [1.29, 1.82) is 0 Å². The topological polar surface area (TPSA) is 17.1 Å². The van der Waals surface area contributed by atoms with Crippen LogP contribution in [0.15, 0.2) is 48.6 Å². The molecule has 0 saturated carbocycles. The Kier molecular flexibility index (Phi) is 8.53. The van der Waals surface area contributed by atoms with Gasteiger partial charge in [0, 0.05) is 0 Å². The molecule has 0 atom stereocenters. The van der Waals surface area contributed by atoms with Crippen molar-refractivity contribution >= 4 is 6.79 Å². The normalized spacial score (nSPS) is 15.0. The zero-order valence-corrected chi connectivity index (χ0v) is 7.15. The molecule has 0 bridgehead atoms. The summed E-state index contributed by atoms with van der Waals surface area (Å²) in [6.45, 7) is 2.00. The van der Waals surface area contributed by atoms with E-state index in [9.17, 15) is 0 Å². The van der Waals surface area contributed by atoms with Crippen molar-refractivity contribution in [3.05, 3.63) is 48.6 Å². The number of hydrogen-bond acceptors (Lipinski definition) is 1. The first kappa shape index (κ1) is 10.6. The fourth-order valence-electron chi connectivity index (χ4n) is 0.786. The van der Waals surface area contributed by atoms with Gasteiger partial charge in [-0.15, -0.1) is 0 Å². The number of allylic oxidation sites excluding steroid dienone is 8. The molecule has 0 heterocycles. The van der Waals surface area contributed by atoms with Gasteiger partial charge in [-0.05, 0) is 12.8 Å². The van der Waals surface area contributed by atoms with Crippen LogP contribution in [0.5, 0.6) is 0 Å². The van der Waals surface area contributed by atoms with E-state index in [1.54, 1.807) is 0 Å². The summed E-state index contributed by atoms with van der Waals surface area (Å²) in [5.74, 6) is 0. The molecular weight excluding hydrogens is 148 g/mol. The Hall–Kier alpha value is -1.37. The Balaban J connectivity index is 0.000000168. The molecule has 0 radical (unpaired) electrons. The van der Waals surface area contributed by atoms with Crippen molar-refractivity contribution in [2.24, 2.45) is 0 Å². The highest BCUT2D eigenvalue weighted by Crippen LogP contribution is 1.93. The molecule has 1 nitrogen and oxygen atoms in total. The van der Waals surface area contributed by atoms with E-state index >= 15 is 0 Å². The standard InChI is InChI=1S/2C5H6.CH2O/c2*1-2-4-5-3-1;1-2/h2*1-4H,5H2;1H2. The second-order valence-electron chi connectivity index (χ2n) is 2.18. The van der Waals surface area contributed by atoms with Crippen LogP contribution in [0.3, 0.4) is 0 Å². The van der Waals surface area contributed by atoms with Crippen LogP contribution in [0.4, 0.5) is 0 Å². The van der Waals surface area contributed by atoms with Gasteiger partial charge in [0.2, 0.25) is 0 Å². The molecule has 0 aromatic rings. The monoisotopic (exact) mass is 162 g/mol.